The highest BCUT2D eigenvalue weighted by Gasteiger charge is 2.12. The number of aromatic amines is 1. The Morgan fingerprint density at radius 2 is 1.88 bits per heavy atom. The second-order valence-electron chi connectivity index (χ2n) is 7.97. The van der Waals surface area contributed by atoms with Crippen LogP contribution in [-0.2, 0) is 6.42 Å². The van der Waals surface area contributed by atoms with Crippen LogP contribution >= 0.6 is 0 Å². The van der Waals surface area contributed by atoms with Crippen molar-refractivity contribution in [2.45, 2.75) is 20.3 Å². The summed E-state index contributed by atoms with van der Waals surface area (Å²) in [5, 5.41) is 7.44. The molecule has 1 heterocycles. The molecule has 0 spiro atoms. The lowest BCUT2D eigenvalue weighted by atomic mass is 10.1. The third kappa shape index (κ3) is 5.41. The number of hydrogen-bond acceptors (Lipinski definition) is 3. The van der Waals surface area contributed by atoms with E-state index in [9.17, 15) is 4.79 Å². The first-order valence-corrected chi connectivity index (χ1v) is 10.9. The molecule has 0 fully saturated rings. The van der Waals surface area contributed by atoms with E-state index >= 15 is 0 Å². The molecule has 0 unspecified atom stereocenters. The van der Waals surface area contributed by atoms with Crippen LogP contribution in [0.15, 0.2) is 77.9 Å². The number of amides is 1. The Bertz CT molecular complexity index is 1310. The zero-order valence-electron chi connectivity index (χ0n) is 19.1. The molecule has 168 valence electrons. The molecule has 1 aromatic heterocycles. The third-order valence-electron chi connectivity index (χ3n) is 5.54. The molecule has 0 atom stereocenters. The molecule has 0 saturated carbocycles. The lowest BCUT2D eigenvalue weighted by Crippen LogP contribution is -2.36. The SMILES string of the molecule is COc1cccc(C(=O)NC(=NCCc2c[nH]c3ccccc23)Nc2cc(C)ccc2C)c1. The van der Waals surface area contributed by atoms with Gasteiger partial charge in [0, 0.05) is 34.9 Å². The zero-order chi connectivity index (χ0) is 23.2. The van der Waals surface area contributed by atoms with E-state index in [0.717, 1.165) is 28.8 Å². The van der Waals surface area contributed by atoms with E-state index in [4.69, 9.17) is 9.73 Å². The van der Waals surface area contributed by atoms with Gasteiger partial charge < -0.3 is 15.0 Å². The number of ether oxygens (including phenoxy) is 1. The number of nitrogens with zero attached hydrogens (tertiary/aromatic N) is 1. The minimum absolute atomic E-state index is 0.252. The van der Waals surface area contributed by atoms with Gasteiger partial charge in [-0.2, -0.15) is 0 Å². The molecule has 33 heavy (non-hydrogen) atoms. The van der Waals surface area contributed by atoms with Crippen LogP contribution in [0.3, 0.4) is 0 Å². The van der Waals surface area contributed by atoms with E-state index in [1.165, 1.54) is 10.9 Å². The first-order valence-electron chi connectivity index (χ1n) is 10.9. The van der Waals surface area contributed by atoms with Gasteiger partial charge in [-0.15, -0.1) is 0 Å². The molecular formula is C27H28N4O2. The van der Waals surface area contributed by atoms with Crippen molar-refractivity contribution in [3.63, 3.8) is 0 Å². The maximum Gasteiger partial charge on any atom is 0.258 e. The van der Waals surface area contributed by atoms with E-state index in [1.54, 1.807) is 31.4 Å². The number of fused-ring (bicyclic) bond motifs is 1. The van der Waals surface area contributed by atoms with Crippen molar-refractivity contribution < 1.29 is 9.53 Å². The van der Waals surface area contributed by atoms with Crippen LogP contribution in [0.4, 0.5) is 5.69 Å². The van der Waals surface area contributed by atoms with Gasteiger partial charge in [-0.05, 0) is 67.3 Å². The third-order valence-corrected chi connectivity index (χ3v) is 5.54. The lowest BCUT2D eigenvalue weighted by Gasteiger charge is -2.14. The largest absolute Gasteiger partial charge is 0.497 e. The molecule has 4 aromatic rings. The number of methoxy groups -OCH3 is 1. The number of aliphatic imine (C=N–C) groups is 1. The van der Waals surface area contributed by atoms with Crippen molar-refractivity contribution in [3.05, 3.63) is 95.2 Å². The number of hydrogen-bond donors (Lipinski definition) is 3. The van der Waals surface area contributed by atoms with E-state index in [-0.39, 0.29) is 5.91 Å². The normalized spacial score (nSPS) is 11.4. The summed E-state index contributed by atoms with van der Waals surface area (Å²) in [5.74, 6) is 0.789. The monoisotopic (exact) mass is 440 g/mol. The van der Waals surface area contributed by atoms with Gasteiger partial charge in [0.25, 0.3) is 5.91 Å². The Hall–Kier alpha value is -4.06. The number of carbonyl (C=O) groups is 1. The van der Waals surface area contributed by atoms with E-state index in [1.807, 2.05) is 44.3 Å². The Morgan fingerprint density at radius 3 is 2.73 bits per heavy atom. The number of anilines is 1. The van der Waals surface area contributed by atoms with Crippen LogP contribution in [0.1, 0.15) is 27.0 Å². The van der Waals surface area contributed by atoms with E-state index in [2.05, 4.69) is 33.8 Å². The van der Waals surface area contributed by atoms with Crippen LogP contribution in [0.25, 0.3) is 10.9 Å². The number of aromatic nitrogens is 1. The van der Waals surface area contributed by atoms with Gasteiger partial charge in [0.1, 0.15) is 5.75 Å². The average molecular weight is 441 g/mol. The van der Waals surface area contributed by atoms with Crippen LogP contribution in [0.5, 0.6) is 5.75 Å². The summed E-state index contributed by atoms with van der Waals surface area (Å²) in [5.41, 5.74) is 5.91. The van der Waals surface area contributed by atoms with E-state index in [0.29, 0.717) is 23.8 Å². The van der Waals surface area contributed by atoms with Gasteiger partial charge in [0.2, 0.25) is 5.96 Å². The Morgan fingerprint density at radius 1 is 1.03 bits per heavy atom. The highest BCUT2D eigenvalue weighted by Crippen LogP contribution is 2.19. The summed E-state index contributed by atoms with van der Waals surface area (Å²) in [6, 6.07) is 21.4. The van der Waals surface area contributed by atoms with Crippen molar-refractivity contribution >= 4 is 28.5 Å². The number of guanidine groups is 1. The second kappa shape index (κ2) is 10.0. The van der Waals surface area contributed by atoms with Crippen LogP contribution in [0.2, 0.25) is 0 Å². The van der Waals surface area contributed by atoms with Gasteiger partial charge in [-0.1, -0.05) is 36.4 Å². The fourth-order valence-corrected chi connectivity index (χ4v) is 3.68. The number of carbonyl (C=O) groups excluding carboxylic acids is 1. The number of rotatable bonds is 6. The first kappa shape index (κ1) is 22.1. The summed E-state index contributed by atoms with van der Waals surface area (Å²) >= 11 is 0. The molecule has 3 N–H and O–H groups in total. The number of benzene rings is 3. The van der Waals surface area contributed by atoms with E-state index < -0.39 is 0 Å². The van der Waals surface area contributed by atoms with Crippen molar-refractivity contribution in [2.75, 3.05) is 19.0 Å². The molecule has 1 amide bonds. The first-order chi connectivity index (χ1) is 16.0. The van der Waals surface area contributed by atoms with Gasteiger partial charge in [0.15, 0.2) is 0 Å². The van der Waals surface area contributed by atoms with Crippen molar-refractivity contribution in [1.82, 2.24) is 10.3 Å². The molecule has 6 heteroatoms. The Balaban J connectivity index is 1.55. The minimum atomic E-state index is -0.252. The summed E-state index contributed by atoms with van der Waals surface area (Å²) in [6.07, 6.45) is 2.77. The molecule has 6 nitrogen and oxygen atoms in total. The Labute approximate surface area is 193 Å². The Kier molecular flexibility index (Phi) is 6.74. The molecule has 3 aromatic carbocycles. The molecule has 4 rings (SSSR count). The maximum atomic E-state index is 12.9. The van der Waals surface area contributed by atoms with Crippen molar-refractivity contribution in [3.8, 4) is 5.75 Å². The maximum absolute atomic E-state index is 12.9. The second-order valence-corrected chi connectivity index (χ2v) is 7.97. The van der Waals surface area contributed by atoms with Gasteiger partial charge in [-0.25, -0.2) is 0 Å². The molecule has 0 bridgehead atoms. The molecule has 0 radical (unpaired) electrons. The molecule has 0 aliphatic heterocycles. The van der Waals surface area contributed by atoms with Crippen molar-refractivity contribution in [2.24, 2.45) is 4.99 Å². The summed E-state index contributed by atoms with van der Waals surface area (Å²) in [4.78, 5) is 20.9. The van der Waals surface area contributed by atoms with Crippen LogP contribution in [-0.4, -0.2) is 30.5 Å². The predicted molar refractivity (Wildman–Crippen MR) is 134 cm³/mol. The van der Waals surface area contributed by atoms with Crippen LogP contribution < -0.4 is 15.4 Å². The number of nitrogens with one attached hydrogen (secondary N) is 3. The summed E-state index contributed by atoms with van der Waals surface area (Å²) in [6.45, 7) is 4.58. The number of aryl methyl sites for hydroxylation is 2. The number of para-hydroxylation sites is 1. The average Bonchev–Trinajstić information content (AvgIpc) is 3.24. The quantitative estimate of drug-likeness (QED) is 0.284. The molecule has 0 saturated heterocycles. The van der Waals surface area contributed by atoms with Gasteiger partial charge in [0.05, 0.1) is 7.11 Å². The van der Waals surface area contributed by atoms with Crippen molar-refractivity contribution in [1.29, 1.82) is 0 Å². The molecular weight excluding hydrogens is 412 g/mol. The van der Waals surface area contributed by atoms with Gasteiger partial charge >= 0.3 is 0 Å². The topological polar surface area (TPSA) is 78.5 Å². The number of H-pyrrole nitrogens is 1. The highest BCUT2D eigenvalue weighted by molar-refractivity contribution is 6.10. The smallest absolute Gasteiger partial charge is 0.258 e. The minimum Gasteiger partial charge on any atom is -0.497 e. The molecule has 0 aliphatic carbocycles. The summed E-state index contributed by atoms with van der Waals surface area (Å²) in [7, 11) is 1.58. The zero-order valence-corrected chi connectivity index (χ0v) is 19.1. The highest BCUT2D eigenvalue weighted by atomic mass is 16.5. The fraction of sp³-hybridized carbons (Fsp3) is 0.185. The van der Waals surface area contributed by atoms with Crippen LogP contribution in [0, 0.1) is 13.8 Å². The van der Waals surface area contributed by atoms with Gasteiger partial charge in [-0.3, -0.25) is 15.1 Å². The standard InChI is InChI=1S/C27H28N4O2/c1-18-11-12-19(2)25(15-18)30-27(31-26(32)20-7-6-8-22(16-20)33-3)28-14-13-21-17-29-24-10-5-4-9-23(21)24/h4-12,15-17,29H,13-14H2,1-3H3,(H2,28,30,31,32). The fourth-order valence-electron chi connectivity index (χ4n) is 3.68. The summed E-state index contributed by atoms with van der Waals surface area (Å²) < 4.78 is 5.25. The lowest BCUT2D eigenvalue weighted by molar-refractivity contribution is 0.0976. The molecule has 0 aliphatic rings. The predicted octanol–water partition coefficient (Wildman–Crippen LogP) is 5.23.